The Balaban J connectivity index is 2.07. The second-order valence-electron chi connectivity index (χ2n) is 4.55. The van der Waals surface area contributed by atoms with Gasteiger partial charge >= 0.3 is 0 Å². The molecular weight excluding hydrogens is 242 g/mol. The zero-order valence-electron chi connectivity index (χ0n) is 9.21. The van der Waals surface area contributed by atoms with Crippen LogP contribution in [0.2, 0.25) is 0 Å². The molecule has 0 N–H and O–H groups in total. The van der Waals surface area contributed by atoms with Crippen molar-refractivity contribution in [3.63, 3.8) is 0 Å². The molecule has 1 amide bonds. The number of hydrogen-bond acceptors (Lipinski definition) is 4. The lowest BCUT2D eigenvalue weighted by atomic mass is 10.2. The fraction of sp³-hybridized carbons (Fsp3) is 0.364. The van der Waals surface area contributed by atoms with Gasteiger partial charge in [-0.3, -0.25) is 4.79 Å². The molecule has 2 heterocycles. The molecule has 2 aliphatic heterocycles. The third-order valence-electron chi connectivity index (χ3n) is 3.03. The number of epoxide rings is 1. The SMILES string of the molecule is CC1(CN2C(=O)c3ccccc3S2(=O)=O)CO1. The van der Waals surface area contributed by atoms with Crippen LogP contribution < -0.4 is 0 Å². The molecule has 0 bridgehead atoms. The standard InChI is InChI=1S/C11H11NO4S/c1-11(7-16-11)6-12-10(13)8-4-2-3-5-9(8)17(12,14)15/h2-5H,6-7H2,1H3. The first-order valence-electron chi connectivity index (χ1n) is 5.24. The van der Waals surface area contributed by atoms with E-state index in [2.05, 4.69) is 0 Å². The second kappa shape index (κ2) is 3.08. The molecule has 1 saturated heterocycles. The third-order valence-corrected chi connectivity index (χ3v) is 4.81. The van der Waals surface area contributed by atoms with Crippen molar-refractivity contribution in [2.75, 3.05) is 13.2 Å². The molecule has 0 radical (unpaired) electrons. The van der Waals surface area contributed by atoms with Crippen LogP contribution in [0.3, 0.4) is 0 Å². The number of rotatable bonds is 2. The highest BCUT2D eigenvalue weighted by Gasteiger charge is 2.49. The highest BCUT2D eigenvalue weighted by molar-refractivity contribution is 7.90. The first-order valence-corrected chi connectivity index (χ1v) is 6.68. The van der Waals surface area contributed by atoms with Crippen molar-refractivity contribution in [1.29, 1.82) is 0 Å². The van der Waals surface area contributed by atoms with E-state index in [9.17, 15) is 13.2 Å². The van der Waals surface area contributed by atoms with Crippen LogP contribution >= 0.6 is 0 Å². The molecule has 1 unspecified atom stereocenters. The van der Waals surface area contributed by atoms with Crippen molar-refractivity contribution >= 4 is 15.9 Å². The third kappa shape index (κ3) is 1.48. The average Bonchev–Trinajstić information content (AvgIpc) is 2.99. The van der Waals surface area contributed by atoms with E-state index >= 15 is 0 Å². The Morgan fingerprint density at radius 1 is 1.41 bits per heavy atom. The Bertz CT molecular complexity index is 604. The molecule has 3 rings (SSSR count). The van der Waals surface area contributed by atoms with E-state index in [-0.39, 0.29) is 17.0 Å². The van der Waals surface area contributed by atoms with Gasteiger partial charge in [-0.25, -0.2) is 12.7 Å². The van der Waals surface area contributed by atoms with E-state index in [4.69, 9.17) is 4.74 Å². The summed E-state index contributed by atoms with van der Waals surface area (Å²) in [7, 11) is -3.68. The minimum atomic E-state index is -3.68. The number of benzene rings is 1. The second-order valence-corrected chi connectivity index (χ2v) is 6.38. The minimum Gasteiger partial charge on any atom is -0.368 e. The monoisotopic (exact) mass is 253 g/mol. The van der Waals surface area contributed by atoms with Crippen molar-refractivity contribution in [1.82, 2.24) is 4.31 Å². The molecule has 1 aromatic carbocycles. The lowest BCUT2D eigenvalue weighted by Crippen LogP contribution is -2.37. The van der Waals surface area contributed by atoms with Crippen LogP contribution in [0.4, 0.5) is 0 Å². The molecule has 0 spiro atoms. The van der Waals surface area contributed by atoms with Crippen LogP contribution in [0.15, 0.2) is 29.2 Å². The summed E-state index contributed by atoms with van der Waals surface area (Å²) < 4.78 is 30.3. The lowest BCUT2D eigenvalue weighted by molar-refractivity contribution is 0.0848. The highest BCUT2D eigenvalue weighted by atomic mass is 32.2. The average molecular weight is 253 g/mol. The van der Waals surface area contributed by atoms with Gasteiger partial charge in [0, 0.05) is 0 Å². The van der Waals surface area contributed by atoms with Gasteiger partial charge < -0.3 is 4.74 Å². The van der Waals surface area contributed by atoms with Gasteiger partial charge in [0.2, 0.25) is 0 Å². The van der Waals surface area contributed by atoms with Gasteiger partial charge in [-0.2, -0.15) is 0 Å². The van der Waals surface area contributed by atoms with Gasteiger partial charge in [-0.05, 0) is 19.1 Å². The zero-order valence-corrected chi connectivity index (χ0v) is 10.0. The molecule has 0 aliphatic carbocycles. The van der Waals surface area contributed by atoms with Gasteiger partial charge in [0.15, 0.2) is 0 Å². The number of nitrogens with zero attached hydrogens (tertiary/aromatic N) is 1. The summed E-state index contributed by atoms with van der Waals surface area (Å²) in [5.41, 5.74) is -0.262. The van der Waals surface area contributed by atoms with E-state index in [0.29, 0.717) is 6.61 Å². The maximum absolute atomic E-state index is 12.1. The summed E-state index contributed by atoms with van der Waals surface area (Å²) >= 11 is 0. The normalized spacial score (nSPS) is 29.2. The lowest BCUT2D eigenvalue weighted by Gasteiger charge is -2.17. The fourth-order valence-corrected chi connectivity index (χ4v) is 3.59. The maximum Gasteiger partial charge on any atom is 0.269 e. The van der Waals surface area contributed by atoms with Gasteiger partial charge in [0.05, 0.1) is 18.7 Å². The number of ether oxygens (including phenoxy) is 1. The number of hydrogen-bond donors (Lipinski definition) is 0. The highest BCUT2D eigenvalue weighted by Crippen LogP contribution is 2.35. The molecule has 1 aromatic rings. The van der Waals surface area contributed by atoms with Crippen LogP contribution in [-0.2, 0) is 14.8 Å². The largest absolute Gasteiger partial charge is 0.368 e. The predicted molar refractivity (Wildman–Crippen MR) is 59.0 cm³/mol. The van der Waals surface area contributed by atoms with E-state index < -0.39 is 21.5 Å². The molecule has 2 aliphatic rings. The van der Waals surface area contributed by atoms with E-state index in [1.165, 1.54) is 12.1 Å². The molecule has 5 nitrogen and oxygen atoms in total. The summed E-state index contributed by atoms with van der Waals surface area (Å²) in [5.74, 6) is -0.461. The Morgan fingerprint density at radius 2 is 2.06 bits per heavy atom. The van der Waals surface area contributed by atoms with Gasteiger partial charge in [0.25, 0.3) is 15.9 Å². The van der Waals surface area contributed by atoms with Crippen LogP contribution in [0.25, 0.3) is 0 Å². The summed E-state index contributed by atoms with van der Waals surface area (Å²) in [5, 5.41) is 0. The van der Waals surface area contributed by atoms with Crippen molar-refractivity contribution < 1.29 is 17.9 Å². The van der Waals surface area contributed by atoms with Crippen LogP contribution in [0, 0.1) is 0 Å². The van der Waals surface area contributed by atoms with Crippen LogP contribution in [0.1, 0.15) is 17.3 Å². The van der Waals surface area contributed by atoms with Gasteiger partial charge in [-0.15, -0.1) is 0 Å². The molecule has 6 heteroatoms. The zero-order chi connectivity index (χ0) is 12.3. The smallest absolute Gasteiger partial charge is 0.269 e. The van der Waals surface area contributed by atoms with Crippen molar-refractivity contribution in [3.05, 3.63) is 29.8 Å². The topological polar surface area (TPSA) is 67.0 Å². The first kappa shape index (κ1) is 10.7. The number of fused-ring (bicyclic) bond motifs is 1. The van der Waals surface area contributed by atoms with E-state index in [1.54, 1.807) is 19.1 Å². The van der Waals surface area contributed by atoms with Gasteiger partial charge in [-0.1, -0.05) is 12.1 Å². The first-order chi connectivity index (χ1) is 7.94. The molecule has 1 fully saturated rings. The Kier molecular flexibility index (Phi) is 1.95. The molecule has 1 atom stereocenters. The quantitative estimate of drug-likeness (QED) is 0.725. The maximum atomic E-state index is 12.1. The summed E-state index contributed by atoms with van der Waals surface area (Å²) in [6.45, 7) is 2.37. The molecule has 17 heavy (non-hydrogen) atoms. The van der Waals surface area contributed by atoms with Crippen molar-refractivity contribution in [2.24, 2.45) is 0 Å². The Morgan fingerprint density at radius 3 is 2.65 bits per heavy atom. The Labute approximate surface area is 99.0 Å². The van der Waals surface area contributed by atoms with E-state index in [1.807, 2.05) is 0 Å². The number of carbonyl (C=O) groups is 1. The summed E-state index contributed by atoms with van der Waals surface area (Å²) in [6.07, 6.45) is 0. The summed E-state index contributed by atoms with van der Waals surface area (Å²) in [4.78, 5) is 12.1. The van der Waals surface area contributed by atoms with Crippen LogP contribution in [0.5, 0.6) is 0 Å². The number of amides is 1. The molecular formula is C11H11NO4S. The predicted octanol–water partition coefficient (Wildman–Crippen LogP) is 0.620. The van der Waals surface area contributed by atoms with E-state index in [0.717, 1.165) is 4.31 Å². The molecule has 0 aromatic heterocycles. The minimum absolute atomic E-state index is 0.0862. The Hall–Kier alpha value is -1.40. The molecule has 90 valence electrons. The molecule has 0 saturated carbocycles. The van der Waals surface area contributed by atoms with Crippen molar-refractivity contribution in [3.8, 4) is 0 Å². The van der Waals surface area contributed by atoms with Gasteiger partial charge in [0.1, 0.15) is 10.5 Å². The number of carbonyl (C=O) groups excluding carboxylic acids is 1. The summed E-state index contributed by atoms with van der Waals surface area (Å²) in [6, 6.07) is 6.26. The van der Waals surface area contributed by atoms with Crippen molar-refractivity contribution in [2.45, 2.75) is 17.4 Å². The fourth-order valence-electron chi connectivity index (χ4n) is 1.91. The number of sulfonamides is 1. The van der Waals surface area contributed by atoms with Crippen LogP contribution in [-0.4, -0.2) is 37.4 Å².